The summed E-state index contributed by atoms with van der Waals surface area (Å²) < 4.78 is 0.616. The number of quaternary nitrogens is 1. The summed E-state index contributed by atoms with van der Waals surface area (Å²) in [6.45, 7) is 6.95. The highest BCUT2D eigenvalue weighted by molar-refractivity contribution is 5.91. The van der Waals surface area contributed by atoms with Crippen LogP contribution in [0.25, 0.3) is 0 Å². The Balaban J connectivity index is 3.79. The van der Waals surface area contributed by atoms with Gasteiger partial charge in [0.15, 0.2) is 0 Å². The molecular formula is C12H25N2O3+. The molecule has 0 aromatic carbocycles. The van der Waals surface area contributed by atoms with Crippen molar-refractivity contribution in [2.45, 2.75) is 19.4 Å². The molecule has 0 aromatic rings. The zero-order valence-electron chi connectivity index (χ0n) is 11.1. The van der Waals surface area contributed by atoms with Crippen LogP contribution in [0.5, 0.6) is 0 Å². The summed E-state index contributed by atoms with van der Waals surface area (Å²) in [4.78, 5) is 11.2. The maximum Gasteiger partial charge on any atom is 0.246 e. The van der Waals surface area contributed by atoms with Crippen LogP contribution in [0, 0.1) is 0 Å². The molecule has 3 N–H and O–H groups in total. The first-order valence-electron chi connectivity index (χ1n) is 5.83. The minimum absolute atomic E-state index is 0.120. The normalized spacial score (nSPS) is 13.2. The molecule has 0 saturated carbocycles. The average Bonchev–Trinajstić information content (AvgIpc) is 2.23. The number of carbonyl (C=O) groups excluding carboxylic acids is 1. The molecular weight excluding hydrogens is 220 g/mol. The van der Waals surface area contributed by atoms with E-state index < -0.39 is 6.10 Å². The molecule has 0 rings (SSSR count). The Bertz CT molecular complexity index is 264. The van der Waals surface area contributed by atoms with Crippen molar-refractivity contribution in [3.05, 3.63) is 12.2 Å². The standard InChI is InChI=1S/C12H24N2O3/c1-10(2)12(17)13-6-5-7-14(3,4)8-11(16)9-15/h11,15-16H,1,5-9H2,2-4H3/p+1. The monoisotopic (exact) mass is 245 g/mol. The molecule has 0 bridgehead atoms. The minimum atomic E-state index is -0.685. The number of rotatable bonds is 8. The Morgan fingerprint density at radius 3 is 2.53 bits per heavy atom. The molecule has 0 heterocycles. The summed E-state index contributed by atoms with van der Waals surface area (Å²) >= 11 is 0. The van der Waals surface area contributed by atoms with E-state index in [0.717, 1.165) is 13.0 Å². The van der Waals surface area contributed by atoms with Gasteiger partial charge in [-0.1, -0.05) is 6.58 Å². The first kappa shape index (κ1) is 16.1. The predicted octanol–water partition coefficient (Wildman–Crippen LogP) is -0.502. The van der Waals surface area contributed by atoms with E-state index in [0.29, 0.717) is 23.1 Å². The number of hydrogen-bond acceptors (Lipinski definition) is 3. The maximum absolute atomic E-state index is 11.2. The van der Waals surface area contributed by atoms with Gasteiger partial charge in [0.2, 0.25) is 5.91 Å². The molecule has 0 aliphatic rings. The molecule has 17 heavy (non-hydrogen) atoms. The largest absolute Gasteiger partial charge is 0.393 e. The van der Waals surface area contributed by atoms with Crippen LogP contribution in [0.3, 0.4) is 0 Å². The fourth-order valence-electron chi connectivity index (χ4n) is 1.58. The lowest BCUT2D eigenvalue weighted by atomic mass is 10.2. The number of likely N-dealkylation sites (N-methyl/N-ethyl adjacent to an activating group) is 1. The maximum atomic E-state index is 11.2. The van der Waals surface area contributed by atoms with E-state index >= 15 is 0 Å². The second-order valence-corrected chi connectivity index (χ2v) is 5.07. The van der Waals surface area contributed by atoms with Crippen molar-refractivity contribution >= 4 is 5.91 Å². The Morgan fingerprint density at radius 1 is 1.47 bits per heavy atom. The van der Waals surface area contributed by atoms with Crippen LogP contribution < -0.4 is 5.32 Å². The lowest BCUT2D eigenvalue weighted by molar-refractivity contribution is -0.893. The molecule has 0 saturated heterocycles. The Morgan fingerprint density at radius 2 is 2.06 bits per heavy atom. The fraction of sp³-hybridized carbons (Fsp3) is 0.750. The Kier molecular flexibility index (Phi) is 7.03. The highest BCUT2D eigenvalue weighted by Crippen LogP contribution is 2.01. The molecule has 1 unspecified atom stereocenters. The molecule has 100 valence electrons. The van der Waals surface area contributed by atoms with E-state index in [1.54, 1.807) is 6.92 Å². The summed E-state index contributed by atoms with van der Waals surface area (Å²) in [7, 11) is 3.97. The molecule has 1 atom stereocenters. The van der Waals surface area contributed by atoms with Gasteiger partial charge in [-0.3, -0.25) is 4.79 Å². The zero-order chi connectivity index (χ0) is 13.5. The summed E-state index contributed by atoms with van der Waals surface area (Å²) in [5.41, 5.74) is 0.509. The van der Waals surface area contributed by atoms with Gasteiger partial charge < -0.3 is 20.0 Å². The van der Waals surface area contributed by atoms with Gasteiger partial charge >= 0.3 is 0 Å². The van der Waals surface area contributed by atoms with Gasteiger partial charge in [-0.2, -0.15) is 0 Å². The topological polar surface area (TPSA) is 69.6 Å². The van der Waals surface area contributed by atoms with Crippen molar-refractivity contribution in [3.8, 4) is 0 Å². The number of hydrogen-bond donors (Lipinski definition) is 3. The van der Waals surface area contributed by atoms with Crippen molar-refractivity contribution in [1.82, 2.24) is 5.32 Å². The zero-order valence-corrected chi connectivity index (χ0v) is 11.1. The number of aliphatic hydroxyl groups is 2. The first-order valence-corrected chi connectivity index (χ1v) is 5.83. The van der Waals surface area contributed by atoms with Crippen LogP contribution in [0.4, 0.5) is 0 Å². The van der Waals surface area contributed by atoms with Crippen LogP contribution in [0.1, 0.15) is 13.3 Å². The average molecular weight is 245 g/mol. The number of nitrogens with one attached hydrogen (secondary N) is 1. The number of aliphatic hydroxyl groups excluding tert-OH is 2. The summed E-state index contributed by atoms with van der Waals surface area (Å²) in [6, 6.07) is 0. The van der Waals surface area contributed by atoms with Crippen LogP contribution >= 0.6 is 0 Å². The predicted molar refractivity (Wildman–Crippen MR) is 67.4 cm³/mol. The van der Waals surface area contributed by atoms with E-state index in [4.69, 9.17) is 5.11 Å². The molecule has 5 nitrogen and oxygen atoms in total. The summed E-state index contributed by atoms with van der Waals surface area (Å²) in [6.07, 6.45) is 0.138. The summed E-state index contributed by atoms with van der Waals surface area (Å²) in [5.74, 6) is -0.120. The molecule has 0 spiro atoms. The van der Waals surface area contributed by atoms with E-state index in [1.165, 1.54) is 0 Å². The van der Waals surface area contributed by atoms with Crippen molar-refractivity contribution in [1.29, 1.82) is 0 Å². The second kappa shape index (κ2) is 7.42. The third-order valence-electron chi connectivity index (χ3n) is 2.53. The fourth-order valence-corrected chi connectivity index (χ4v) is 1.58. The van der Waals surface area contributed by atoms with E-state index in [1.807, 2.05) is 14.1 Å². The highest BCUT2D eigenvalue weighted by atomic mass is 16.3. The molecule has 0 fully saturated rings. The Hall–Kier alpha value is -0.910. The van der Waals surface area contributed by atoms with Gasteiger partial charge in [-0.05, 0) is 6.92 Å². The van der Waals surface area contributed by atoms with E-state index in [-0.39, 0.29) is 12.5 Å². The van der Waals surface area contributed by atoms with Gasteiger partial charge in [-0.25, -0.2) is 0 Å². The molecule has 0 aromatic heterocycles. The third-order valence-corrected chi connectivity index (χ3v) is 2.53. The SMILES string of the molecule is C=C(C)C(=O)NCCC[N+](C)(C)CC(O)CO. The first-order chi connectivity index (χ1) is 7.78. The molecule has 1 amide bonds. The Labute approximate surface area is 103 Å². The van der Waals surface area contributed by atoms with E-state index in [2.05, 4.69) is 11.9 Å². The van der Waals surface area contributed by atoms with Gasteiger partial charge in [0, 0.05) is 18.5 Å². The van der Waals surface area contributed by atoms with Gasteiger partial charge in [0.05, 0.1) is 27.2 Å². The van der Waals surface area contributed by atoms with Crippen LogP contribution in [-0.2, 0) is 4.79 Å². The smallest absolute Gasteiger partial charge is 0.246 e. The van der Waals surface area contributed by atoms with Crippen LogP contribution in [0.2, 0.25) is 0 Å². The van der Waals surface area contributed by atoms with Gasteiger partial charge in [-0.15, -0.1) is 0 Å². The lowest BCUT2D eigenvalue weighted by Gasteiger charge is -2.31. The van der Waals surface area contributed by atoms with Gasteiger partial charge in [0.25, 0.3) is 0 Å². The van der Waals surface area contributed by atoms with Crippen LogP contribution in [-0.4, -0.2) is 67.0 Å². The molecule has 0 aliphatic carbocycles. The minimum Gasteiger partial charge on any atom is -0.393 e. The van der Waals surface area contributed by atoms with Crippen molar-refractivity contribution in [2.75, 3.05) is 40.3 Å². The second-order valence-electron chi connectivity index (χ2n) is 5.07. The molecule has 0 aliphatic heterocycles. The number of carbonyl (C=O) groups is 1. The summed E-state index contributed by atoms with van der Waals surface area (Å²) in [5, 5.41) is 20.9. The molecule has 5 heteroatoms. The van der Waals surface area contributed by atoms with Gasteiger partial charge in [0.1, 0.15) is 12.6 Å². The van der Waals surface area contributed by atoms with Crippen molar-refractivity contribution in [3.63, 3.8) is 0 Å². The highest BCUT2D eigenvalue weighted by Gasteiger charge is 2.19. The van der Waals surface area contributed by atoms with Crippen molar-refractivity contribution < 1.29 is 19.5 Å². The molecule has 0 radical (unpaired) electrons. The van der Waals surface area contributed by atoms with Crippen molar-refractivity contribution in [2.24, 2.45) is 0 Å². The van der Waals surface area contributed by atoms with Crippen LogP contribution in [0.15, 0.2) is 12.2 Å². The lowest BCUT2D eigenvalue weighted by Crippen LogP contribution is -2.47. The van der Waals surface area contributed by atoms with E-state index in [9.17, 15) is 9.90 Å². The number of amides is 1. The third kappa shape index (κ3) is 7.90. The number of nitrogens with zero attached hydrogens (tertiary/aromatic N) is 1. The quantitative estimate of drug-likeness (QED) is 0.307.